The second kappa shape index (κ2) is 3.91. The summed E-state index contributed by atoms with van der Waals surface area (Å²) in [6.07, 6.45) is 7.36. The predicted octanol–water partition coefficient (Wildman–Crippen LogP) is 1.43. The molecule has 4 nitrogen and oxygen atoms in total. The Balaban J connectivity index is 1.95. The van der Waals surface area contributed by atoms with E-state index in [2.05, 4.69) is 15.4 Å². The maximum Gasteiger partial charge on any atom is 0.0729 e. The van der Waals surface area contributed by atoms with Gasteiger partial charge in [-0.3, -0.25) is 9.67 Å². The summed E-state index contributed by atoms with van der Waals surface area (Å²) in [4.78, 5) is 4.04. The summed E-state index contributed by atoms with van der Waals surface area (Å²) in [5, 5.41) is 7.33. The van der Waals surface area contributed by atoms with Crippen LogP contribution in [-0.4, -0.2) is 14.8 Å². The Labute approximate surface area is 82.6 Å². The topological polar surface area (TPSA) is 42.7 Å². The lowest BCUT2D eigenvalue weighted by Gasteiger charge is -2.01. The van der Waals surface area contributed by atoms with Crippen LogP contribution in [0.15, 0.2) is 36.9 Å². The first kappa shape index (κ1) is 8.74. The SMILES string of the molecule is Cn1cc(NCc2cccnc2)cn1. The molecular formula is C10H12N4. The monoisotopic (exact) mass is 188 g/mol. The smallest absolute Gasteiger partial charge is 0.0729 e. The summed E-state index contributed by atoms with van der Waals surface area (Å²) in [7, 11) is 1.90. The van der Waals surface area contributed by atoms with Crippen molar-refractivity contribution in [2.24, 2.45) is 7.05 Å². The zero-order chi connectivity index (χ0) is 9.80. The zero-order valence-corrected chi connectivity index (χ0v) is 8.01. The largest absolute Gasteiger partial charge is 0.378 e. The minimum atomic E-state index is 0.777. The van der Waals surface area contributed by atoms with Gasteiger partial charge in [-0.2, -0.15) is 5.10 Å². The number of hydrogen-bond donors (Lipinski definition) is 1. The molecule has 14 heavy (non-hydrogen) atoms. The standard InChI is InChI=1S/C10H12N4/c1-14-8-10(7-13-14)12-6-9-3-2-4-11-5-9/h2-5,7-8,12H,6H2,1H3. The zero-order valence-electron chi connectivity index (χ0n) is 8.01. The first-order valence-corrected chi connectivity index (χ1v) is 4.46. The number of anilines is 1. The van der Waals surface area contributed by atoms with Crippen LogP contribution in [0.4, 0.5) is 5.69 Å². The van der Waals surface area contributed by atoms with Crippen molar-refractivity contribution in [3.05, 3.63) is 42.5 Å². The molecule has 0 aliphatic heterocycles. The van der Waals surface area contributed by atoms with Crippen LogP contribution >= 0.6 is 0 Å². The Hall–Kier alpha value is -1.84. The van der Waals surface area contributed by atoms with E-state index in [9.17, 15) is 0 Å². The molecule has 0 aliphatic carbocycles. The van der Waals surface area contributed by atoms with Gasteiger partial charge in [0.25, 0.3) is 0 Å². The molecule has 0 spiro atoms. The van der Waals surface area contributed by atoms with Gasteiger partial charge in [0, 0.05) is 32.2 Å². The maximum atomic E-state index is 4.07. The molecule has 0 amide bonds. The van der Waals surface area contributed by atoms with Gasteiger partial charge in [0.2, 0.25) is 0 Å². The van der Waals surface area contributed by atoms with Crippen LogP contribution in [-0.2, 0) is 13.6 Å². The lowest BCUT2D eigenvalue weighted by Crippen LogP contribution is -1.98. The molecule has 2 heterocycles. The molecule has 0 aliphatic rings. The molecule has 2 rings (SSSR count). The molecule has 1 N–H and O–H groups in total. The normalized spacial score (nSPS) is 10.1. The minimum absolute atomic E-state index is 0.777. The molecule has 4 heteroatoms. The molecule has 0 unspecified atom stereocenters. The Morgan fingerprint density at radius 3 is 3.00 bits per heavy atom. The average Bonchev–Trinajstić information content (AvgIpc) is 2.63. The molecule has 2 aromatic rings. The van der Waals surface area contributed by atoms with Gasteiger partial charge >= 0.3 is 0 Å². The van der Waals surface area contributed by atoms with Gasteiger partial charge in [-0.15, -0.1) is 0 Å². The number of nitrogens with zero attached hydrogens (tertiary/aromatic N) is 3. The molecule has 0 aromatic carbocycles. The first-order chi connectivity index (χ1) is 6.84. The number of hydrogen-bond acceptors (Lipinski definition) is 3. The highest BCUT2D eigenvalue weighted by molar-refractivity contribution is 5.38. The summed E-state index contributed by atoms with van der Waals surface area (Å²) in [5.74, 6) is 0. The molecule has 0 fully saturated rings. The molecular weight excluding hydrogens is 176 g/mol. The molecule has 2 aromatic heterocycles. The summed E-state index contributed by atoms with van der Waals surface area (Å²) >= 11 is 0. The van der Waals surface area contributed by atoms with Crippen LogP contribution in [0.2, 0.25) is 0 Å². The van der Waals surface area contributed by atoms with Gasteiger partial charge in [-0.1, -0.05) is 6.07 Å². The quantitative estimate of drug-likeness (QED) is 0.792. The van der Waals surface area contributed by atoms with Crippen LogP contribution in [0.25, 0.3) is 0 Å². The van der Waals surface area contributed by atoms with Crippen LogP contribution in [0, 0.1) is 0 Å². The van der Waals surface area contributed by atoms with E-state index < -0.39 is 0 Å². The highest BCUT2D eigenvalue weighted by Gasteiger charge is 1.95. The fraction of sp³-hybridized carbons (Fsp3) is 0.200. The van der Waals surface area contributed by atoms with E-state index in [0.717, 1.165) is 17.8 Å². The van der Waals surface area contributed by atoms with E-state index in [1.807, 2.05) is 31.6 Å². The second-order valence-electron chi connectivity index (χ2n) is 3.12. The molecule has 0 radical (unpaired) electrons. The molecule has 0 bridgehead atoms. The fourth-order valence-electron chi connectivity index (χ4n) is 1.22. The molecule has 0 saturated heterocycles. The van der Waals surface area contributed by atoms with Crippen LogP contribution in [0.5, 0.6) is 0 Å². The van der Waals surface area contributed by atoms with Crippen LogP contribution in [0.3, 0.4) is 0 Å². The third-order valence-corrected chi connectivity index (χ3v) is 1.92. The average molecular weight is 188 g/mol. The van der Waals surface area contributed by atoms with Gasteiger partial charge in [0.05, 0.1) is 11.9 Å². The van der Waals surface area contributed by atoms with Crippen molar-refractivity contribution >= 4 is 5.69 Å². The van der Waals surface area contributed by atoms with Crippen molar-refractivity contribution in [2.75, 3.05) is 5.32 Å². The summed E-state index contributed by atoms with van der Waals surface area (Å²) in [6, 6.07) is 3.97. The summed E-state index contributed by atoms with van der Waals surface area (Å²) < 4.78 is 1.77. The van der Waals surface area contributed by atoms with Gasteiger partial charge in [-0.25, -0.2) is 0 Å². The van der Waals surface area contributed by atoms with E-state index in [1.165, 1.54) is 0 Å². The number of pyridine rings is 1. The van der Waals surface area contributed by atoms with Crippen molar-refractivity contribution in [2.45, 2.75) is 6.54 Å². The fourth-order valence-corrected chi connectivity index (χ4v) is 1.22. The summed E-state index contributed by atoms with van der Waals surface area (Å²) in [5.41, 5.74) is 2.19. The van der Waals surface area contributed by atoms with E-state index in [-0.39, 0.29) is 0 Å². The number of nitrogens with one attached hydrogen (secondary N) is 1. The lowest BCUT2D eigenvalue weighted by atomic mass is 10.3. The van der Waals surface area contributed by atoms with Crippen molar-refractivity contribution in [1.29, 1.82) is 0 Å². The van der Waals surface area contributed by atoms with Gasteiger partial charge in [-0.05, 0) is 11.6 Å². The highest BCUT2D eigenvalue weighted by atomic mass is 15.3. The van der Waals surface area contributed by atoms with E-state index in [1.54, 1.807) is 17.1 Å². The maximum absolute atomic E-state index is 4.07. The Morgan fingerprint density at radius 2 is 2.36 bits per heavy atom. The van der Waals surface area contributed by atoms with Gasteiger partial charge in [0.1, 0.15) is 0 Å². The number of rotatable bonds is 3. The Kier molecular flexibility index (Phi) is 2.44. The Bertz CT molecular complexity index is 394. The van der Waals surface area contributed by atoms with E-state index >= 15 is 0 Å². The highest BCUT2D eigenvalue weighted by Crippen LogP contribution is 2.05. The predicted molar refractivity (Wildman–Crippen MR) is 54.8 cm³/mol. The van der Waals surface area contributed by atoms with Crippen LogP contribution < -0.4 is 5.32 Å². The minimum Gasteiger partial charge on any atom is -0.378 e. The van der Waals surface area contributed by atoms with Gasteiger partial charge in [0.15, 0.2) is 0 Å². The number of aryl methyl sites for hydroxylation is 1. The third-order valence-electron chi connectivity index (χ3n) is 1.92. The lowest BCUT2D eigenvalue weighted by molar-refractivity contribution is 0.768. The third kappa shape index (κ3) is 2.10. The van der Waals surface area contributed by atoms with Crippen molar-refractivity contribution in [1.82, 2.24) is 14.8 Å². The van der Waals surface area contributed by atoms with Crippen LogP contribution in [0.1, 0.15) is 5.56 Å². The first-order valence-electron chi connectivity index (χ1n) is 4.46. The van der Waals surface area contributed by atoms with E-state index in [4.69, 9.17) is 0 Å². The summed E-state index contributed by atoms with van der Waals surface area (Å²) in [6.45, 7) is 0.777. The molecule has 0 saturated carbocycles. The van der Waals surface area contributed by atoms with Crippen molar-refractivity contribution in [3.63, 3.8) is 0 Å². The second-order valence-corrected chi connectivity index (χ2v) is 3.12. The molecule has 72 valence electrons. The Morgan fingerprint density at radius 1 is 1.43 bits per heavy atom. The molecule has 0 atom stereocenters. The van der Waals surface area contributed by atoms with Crippen molar-refractivity contribution < 1.29 is 0 Å². The van der Waals surface area contributed by atoms with Crippen molar-refractivity contribution in [3.8, 4) is 0 Å². The number of aromatic nitrogens is 3. The van der Waals surface area contributed by atoms with Gasteiger partial charge < -0.3 is 5.32 Å². The van der Waals surface area contributed by atoms with E-state index in [0.29, 0.717) is 0 Å².